The molecule has 1 aromatic heterocycles. The van der Waals surface area contributed by atoms with E-state index in [1.807, 2.05) is 0 Å². The van der Waals surface area contributed by atoms with Gasteiger partial charge in [-0.05, 0) is 18.6 Å². The second-order valence-electron chi connectivity index (χ2n) is 6.08. The summed E-state index contributed by atoms with van der Waals surface area (Å²) in [7, 11) is 0. The van der Waals surface area contributed by atoms with Gasteiger partial charge in [-0.3, -0.25) is 14.4 Å². The van der Waals surface area contributed by atoms with Crippen molar-refractivity contribution in [1.82, 2.24) is 15.1 Å². The predicted molar refractivity (Wildman–Crippen MR) is 86.0 cm³/mol. The van der Waals surface area contributed by atoms with Crippen molar-refractivity contribution in [3.05, 3.63) is 36.8 Å². The lowest BCUT2D eigenvalue weighted by Gasteiger charge is -2.34. The molecule has 128 valence electrons. The smallest absolute Gasteiger partial charge is 0.289 e. The van der Waals surface area contributed by atoms with Gasteiger partial charge in [-0.2, -0.15) is 0 Å². The summed E-state index contributed by atoms with van der Waals surface area (Å²) in [4.78, 5) is 39.9. The molecule has 0 spiro atoms. The molecule has 1 aliphatic heterocycles. The number of rotatable bonds is 5. The minimum atomic E-state index is -0.222. The van der Waals surface area contributed by atoms with E-state index in [0.717, 1.165) is 0 Å². The minimum Gasteiger partial charge on any atom is -0.459 e. The van der Waals surface area contributed by atoms with E-state index < -0.39 is 0 Å². The van der Waals surface area contributed by atoms with E-state index in [0.29, 0.717) is 44.9 Å². The molecule has 0 aromatic carbocycles. The maximum absolute atomic E-state index is 12.5. The molecule has 1 aliphatic carbocycles. The number of nitrogens with zero attached hydrogens (tertiary/aromatic N) is 2. The van der Waals surface area contributed by atoms with Gasteiger partial charge in [-0.1, -0.05) is 6.08 Å². The Morgan fingerprint density at radius 1 is 1.21 bits per heavy atom. The van der Waals surface area contributed by atoms with Gasteiger partial charge in [0.25, 0.3) is 5.91 Å². The first-order chi connectivity index (χ1) is 11.6. The largest absolute Gasteiger partial charge is 0.459 e. The fraction of sp³-hybridized carbons (Fsp3) is 0.471. The first-order valence-electron chi connectivity index (χ1n) is 8.12. The molecular formula is C17H21N3O4. The van der Waals surface area contributed by atoms with Crippen molar-refractivity contribution in [1.29, 1.82) is 0 Å². The fourth-order valence-corrected chi connectivity index (χ4v) is 2.98. The lowest BCUT2D eigenvalue weighted by molar-refractivity contribution is -0.136. The molecule has 0 radical (unpaired) electrons. The van der Waals surface area contributed by atoms with E-state index in [9.17, 15) is 14.4 Å². The molecule has 0 bridgehead atoms. The quantitative estimate of drug-likeness (QED) is 0.797. The Morgan fingerprint density at radius 3 is 2.54 bits per heavy atom. The Bertz CT molecular complexity index is 632. The summed E-state index contributed by atoms with van der Waals surface area (Å²) < 4.78 is 5.12. The van der Waals surface area contributed by atoms with Gasteiger partial charge in [0.05, 0.1) is 18.1 Å². The van der Waals surface area contributed by atoms with Crippen LogP contribution in [0.4, 0.5) is 0 Å². The van der Waals surface area contributed by atoms with Crippen LogP contribution < -0.4 is 5.32 Å². The zero-order chi connectivity index (χ0) is 17.1. The average Bonchev–Trinajstić information content (AvgIpc) is 3.23. The molecule has 1 aromatic rings. The number of hydrogen-bond donors (Lipinski definition) is 1. The van der Waals surface area contributed by atoms with Crippen molar-refractivity contribution >= 4 is 17.7 Å². The number of nitrogens with one attached hydrogen (secondary N) is 1. The average molecular weight is 331 g/mol. The molecule has 1 saturated carbocycles. The van der Waals surface area contributed by atoms with Crippen LogP contribution in [0.1, 0.15) is 17.0 Å². The van der Waals surface area contributed by atoms with Crippen LogP contribution in [0.3, 0.4) is 0 Å². The Kier molecular flexibility index (Phi) is 4.69. The highest BCUT2D eigenvalue weighted by atomic mass is 16.3. The van der Waals surface area contributed by atoms with E-state index in [1.54, 1.807) is 28.0 Å². The van der Waals surface area contributed by atoms with Crippen LogP contribution in [0.5, 0.6) is 0 Å². The predicted octanol–water partition coefficient (Wildman–Crippen LogP) is 0.502. The molecule has 1 saturated heterocycles. The van der Waals surface area contributed by atoms with Crippen LogP contribution in [-0.4, -0.2) is 60.2 Å². The summed E-state index contributed by atoms with van der Waals surface area (Å²) in [6, 6.07) is 3.31. The number of amides is 3. The lowest BCUT2D eigenvalue weighted by atomic mass is 10.2. The monoisotopic (exact) mass is 331 g/mol. The van der Waals surface area contributed by atoms with E-state index in [4.69, 9.17) is 4.42 Å². The van der Waals surface area contributed by atoms with Gasteiger partial charge >= 0.3 is 0 Å². The van der Waals surface area contributed by atoms with E-state index in [2.05, 4.69) is 11.9 Å². The molecule has 2 aliphatic rings. The van der Waals surface area contributed by atoms with Crippen LogP contribution in [0, 0.1) is 11.8 Å². The van der Waals surface area contributed by atoms with Crippen molar-refractivity contribution in [2.45, 2.75) is 6.42 Å². The first kappa shape index (κ1) is 16.3. The fourth-order valence-electron chi connectivity index (χ4n) is 2.98. The van der Waals surface area contributed by atoms with E-state index >= 15 is 0 Å². The van der Waals surface area contributed by atoms with Gasteiger partial charge in [0.15, 0.2) is 5.76 Å². The highest BCUT2D eigenvalue weighted by molar-refractivity contribution is 5.93. The topological polar surface area (TPSA) is 82.9 Å². The van der Waals surface area contributed by atoms with Crippen molar-refractivity contribution in [2.75, 3.05) is 32.7 Å². The second-order valence-corrected chi connectivity index (χ2v) is 6.08. The van der Waals surface area contributed by atoms with Gasteiger partial charge < -0.3 is 19.5 Å². The van der Waals surface area contributed by atoms with E-state index in [-0.39, 0.29) is 29.6 Å². The molecule has 1 N–H and O–H groups in total. The third kappa shape index (κ3) is 3.34. The molecule has 2 fully saturated rings. The Balaban J connectivity index is 1.47. The summed E-state index contributed by atoms with van der Waals surface area (Å²) in [6.45, 7) is 5.90. The number of hydrogen-bond acceptors (Lipinski definition) is 4. The van der Waals surface area contributed by atoms with Crippen LogP contribution >= 0.6 is 0 Å². The highest BCUT2D eigenvalue weighted by Crippen LogP contribution is 2.40. The Labute approximate surface area is 140 Å². The molecule has 2 unspecified atom stereocenters. The highest BCUT2D eigenvalue weighted by Gasteiger charge is 2.49. The number of piperazine rings is 1. The van der Waals surface area contributed by atoms with Gasteiger partial charge in [0, 0.05) is 32.7 Å². The number of carbonyl (C=O) groups excluding carboxylic acids is 3. The maximum Gasteiger partial charge on any atom is 0.289 e. The molecule has 24 heavy (non-hydrogen) atoms. The summed E-state index contributed by atoms with van der Waals surface area (Å²) in [6.07, 6.45) is 3.69. The Morgan fingerprint density at radius 2 is 1.92 bits per heavy atom. The van der Waals surface area contributed by atoms with Crippen LogP contribution in [-0.2, 0) is 9.59 Å². The zero-order valence-electron chi connectivity index (χ0n) is 13.4. The maximum atomic E-state index is 12.5. The van der Waals surface area contributed by atoms with Gasteiger partial charge in [0.2, 0.25) is 11.8 Å². The molecule has 2 atom stereocenters. The third-order valence-electron chi connectivity index (χ3n) is 4.48. The van der Waals surface area contributed by atoms with Gasteiger partial charge in [-0.25, -0.2) is 0 Å². The van der Waals surface area contributed by atoms with Gasteiger partial charge in [0.1, 0.15) is 0 Å². The molecule has 7 nitrogen and oxygen atoms in total. The normalized spacial score (nSPS) is 22.8. The molecular weight excluding hydrogens is 310 g/mol. The first-order valence-corrected chi connectivity index (χ1v) is 8.12. The lowest BCUT2D eigenvalue weighted by Crippen LogP contribution is -2.51. The third-order valence-corrected chi connectivity index (χ3v) is 4.48. The van der Waals surface area contributed by atoms with Crippen molar-refractivity contribution in [3.63, 3.8) is 0 Å². The van der Waals surface area contributed by atoms with Crippen LogP contribution in [0.25, 0.3) is 0 Å². The molecule has 2 heterocycles. The van der Waals surface area contributed by atoms with Crippen LogP contribution in [0.2, 0.25) is 0 Å². The van der Waals surface area contributed by atoms with Crippen LogP contribution in [0.15, 0.2) is 35.5 Å². The Hall–Kier alpha value is -2.57. The molecule has 3 amide bonds. The van der Waals surface area contributed by atoms with Gasteiger partial charge in [-0.15, -0.1) is 6.58 Å². The minimum absolute atomic E-state index is 0.0128. The molecule has 3 rings (SSSR count). The van der Waals surface area contributed by atoms with Crippen molar-refractivity contribution in [3.8, 4) is 0 Å². The van der Waals surface area contributed by atoms with Crippen molar-refractivity contribution in [2.24, 2.45) is 11.8 Å². The summed E-state index contributed by atoms with van der Waals surface area (Å²) in [5.74, 6) is -0.350. The standard InChI is InChI=1S/C17H21N3O4/c1-2-5-18-15(21)12-11-13(12)16(22)19-6-8-20(9-7-19)17(23)14-4-3-10-24-14/h2-4,10,12-13H,1,5-9,11H2,(H,18,21). The SMILES string of the molecule is C=CCNC(=O)C1CC1C(=O)N1CCN(C(=O)c2ccco2)CC1. The summed E-state index contributed by atoms with van der Waals surface area (Å²) in [5, 5.41) is 2.73. The number of furan rings is 1. The summed E-state index contributed by atoms with van der Waals surface area (Å²) >= 11 is 0. The van der Waals surface area contributed by atoms with E-state index in [1.165, 1.54) is 6.26 Å². The summed E-state index contributed by atoms with van der Waals surface area (Å²) in [5.41, 5.74) is 0. The zero-order valence-corrected chi connectivity index (χ0v) is 13.4. The molecule has 7 heteroatoms. The van der Waals surface area contributed by atoms with Crippen molar-refractivity contribution < 1.29 is 18.8 Å². The number of carbonyl (C=O) groups is 3. The second kappa shape index (κ2) is 6.90.